The second kappa shape index (κ2) is 6.05. The summed E-state index contributed by atoms with van der Waals surface area (Å²) >= 11 is 0. The molecule has 0 bridgehead atoms. The van der Waals surface area contributed by atoms with E-state index in [1.54, 1.807) is 12.1 Å². The third-order valence-electron chi connectivity index (χ3n) is 2.37. The van der Waals surface area contributed by atoms with Gasteiger partial charge in [0, 0.05) is 5.69 Å². The molecule has 1 amide bonds. The lowest BCUT2D eigenvalue weighted by Gasteiger charge is -2.10. The van der Waals surface area contributed by atoms with Crippen molar-refractivity contribution in [2.24, 2.45) is 0 Å². The number of ether oxygens (including phenoxy) is 1. The summed E-state index contributed by atoms with van der Waals surface area (Å²) in [6.07, 6.45) is 1.53. The Balaban J connectivity index is 1.91. The van der Waals surface area contributed by atoms with Crippen molar-refractivity contribution in [3.05, 3.63) is 30.6 Å². The van der Waals surface area contributed by atoms with Gasteiger partial charge < -0.3 is 15.8 Å². The van der Waals surface area contributed by atoms with Gasteiger partial charge >= 0.3 is 0 Å². The minimum Gasteiger partial charge on any atom is -0.491 e. The first-order valence-corrected chi connectivity index (χ1v) is 6.24. The zero-order chi connectivity index (χ0) is 14.5. The van der Waals surface area contributed by atoms with Crippen molar-refractivity contribution in [3.63, 3.8) is 0 Å². The molecule has 1 heterocycles. The Morgan fingerprint density at radius 1 is 1.40 bits per heavy atom. The summed E-state index contributed by atoms with van der Waals surface area (Å²) in [6, 6.07) is 7.18. The molecule has 1 aromatic heterocycles. The molecule has 2 aromatic rings. The number of anilines is 2. The monoisotopic (exact) mass is 275 g/mol. The fraction of sp³-hybridized carbons (Fsp3) is 0.308. The summed E-state index contributed by atoms with van der Waals surface area (Å²) in [7, 11) is 0. The summed E-state index contributed by atoms with van der Waals surface area (Å²) in [5, 5.41) is 6.60. The molecule has 0 saturated carbocycles. The molecular weight excluding hydrogens is 258 g/mol. The molecular formula is C13H17N5O2. The lowest BCUT2D eigenvalue weighted by molar-refractivity contribution is -0.116. The van der Waals surface area contributed by atoms with Crippen LogP contribution < -0.4 is 15.8 Å². The summed E-state index contributed by atoms with van der Waals surface area (Å²) in [5.41, 5.74) is 6.07. The van der Waals surface area contributed by atoms with E-state index < -0.39 is 0 Å². The second-order valence-corrected chi connectivity index (χ2v) is 4.54. The molecule has 1 aromatic carbocycles. The molecule has 7 heteroatoms. The maximum absolute atomic E-state index is 11.8. The van der Waals surface area contributed by atoms with E-state index in [1.165, 1.54) is 11.0 Å². The van der Waals surface area contributed by atoms with Crippen molar-refractivity contribution < 1.29 is 9.53 Å². The van der Waals surface area contributed by atoms with Crippen molar-refractivity contribution in [1.82, 2.24) is 14.8 Å². The number of nitrogens with zero attached hydrogens (tertiary/aromatic N) is 3. The number of aromatic nitrogens is 3. The third-order valence-corrected chi connectivity index (χ3v) is 2.37. The molecule has 0 unspecified atom stereocenters. The van der Waals surface area contributed by atoms with E-state index >= 15 is 0 Å². The number of nitrogens with one attached hydrogen (secondary N) is 1. The average molecular weight is 275 g/mol. The van der Waals surface area contributed by atoms with Gasteiger partial charge in [-0.2, -0.15) is 0 Å². The minimum absolute atomic E-state index is 0.0639. The molecule has 0 atom stereocenters. The van der Waals surface area contributed by atoms with E-state index in [9.17, 15) is 4.79 Å². The SMILES string of the molecule is CC(C)Oc1ccc(NC(=O)Cn2cnc(N)n2)cc1. The van der Waals surface area contributed by atoms with Crippen molar-refractivity contribution in [2.45, 2.75) is 26.5 Å². The Bertz CT molecular complexity index is 577. The maximum atomic E-state index is 11.8. The molecule has 20 heavy (non-hydrogen) atoms. The molecule has 0 aliphatic heterocycles. The number of amides is 1. The van der Waals surface area contributed by atoms with Crippen LogP contribution in [0.2, 0.25) is 0 Å². The lowest BCUT2D eigenvalue weighted by Crippen LogP contribution is -2.19. The molecule has 0 radical (unpaired) electrons. The van der Waals surface area contributed by atoms with E-state index in [-0.39, 0.29) is 24.5 Å². The standard InChI is InChI=1S/C13H17N5O2/c1-9(2)20-11-5-3-10(4-6-11)16-12(19)7-18-8-15-13(14)17-18/h3-6,8-9H,7H2,1-2H3,(H2,14,17)(H,16,19). The van der Waals surface area contributed by atoms with Gasteiger partial charge in [0.25, 0.3) is 0 Å². The van der Waals surface area contributed by atoms with Crippen LogP contribution in [0.3, 0.4) is 0 Å². The molecule has 0 aliphatic carbocycles. The Labute approximate surface area is 116 Å². The first kappa shape index (κ1) is 13.9. The third kappa shape index (κ3) is 3.98. The maximum Gasteiger partial charge on any atom is 0.246 e. The summed E-state index contributed by atoms with van der Waals surface area (Å²) < 4.78 is 6.90. The van der Waals surface area contributed by atoms with Crippen LogP contribution in [0.5, 0.6) is 5.75 Å². The lowest BCUT2D eigenvalue weighted by atomic mass is 10.3. The van der Waals surface area contributed by atoms with Gasteiger partial charge in [0.05, 0.1) is 6.10 Å². The van der Waals surface area contributed by atoms with E-state index in [0.29, 0.717) is 5.69 Å². The van der Waals surface area contributed by atoms with Crippen LogP contribution in [0.4, 0.5) is 11.6 Å². The first-order valence-electron chi connectivity index (χ1n) is 6.24. The molecule has 7 nitrogen and oxygen atoms in total. The van der Waals surface area contributed by atoms with Gasteiger partial charge in [-0.05, 0) is 38.1 Å². The topological polar surface area (TPSA) is 95.1 Å². The Kier molecular flexibility index (Phi) is 4.19. The smallest absolute Gasteiger partial charge is 0.246 e. The van der Waals surface area contributed by atoms with Crippen molar-refractivity contribution in [1.29, 1.82) is 0 Å². The second-order valence-electron chi connectivity index (χ2n) is 4.54. The molecule has 0 fully saturated rings. The van der Waals surface area contributed by atoms with Crippen LogP contribution in [-0.4, -0.2) is 26.8 Å². The zero-order valence-corrected chi connectivity index (χ0v) is 11.4. The van der Waals surface area contributed by atoms with Crippen LogP contribution in [0.15, 0.2) is 30.6 Å². The van der Waals surface area contributed by atoms with Crippen molar-refractivity contribution >= 4 is 17.5 Å². The van der Waals surface area contributed by atoms with Gasteiger partial charge in [0.1, 0.15) is 18.6 Å². The van der Waals surface area contributed by atoms with Gasteiger partial charge in [0.15, 0.2) is 0 Å². The Morgan fingerprint density at radius 3 is 2.65 bits per heavy atom. The van der Waals surface area contributed by atoms with Gasteiger partial charge in [-0.25, -0.2) is 9.67 Å². The predicted molar refractivity (Wildman–Crippen MR) is 75.3 cm³/mol. The van der Waals surface area contributed by atoms with Gasteiger partial charge in [0.2, 0.25) is 11.9 Å². The van der Waals surface area contributed by atoms with Gasteiger partial charge in [-0.15, -0.1) is 5.10 Å². The average Bonchev–Trinajstić information content (AvgIpc) is 2.76. The molecule has 0 aliphatic rings. The fourth-order valence-corrected chi connectivity index (χ4v) is 1.62. The Hall–Kier alpha value is -2.57. The number of carbonyl (C=O) groups is 1. The number of benzene rings is 1. The number of nitrogen functional groups attached to an aromatic ring is 1. The number of hydrogen-bond donors (Lipinski definition) is 2. The van der Waals surface area contributed by atoms with Crippen LogP contribution in [0.25, 0.3) is 0 Å². The Morgan fingerprint density at radius 2 is 2.10 bits per heavy atom. The minimum atomic E-state index is -0.201. The van der Waals surface area contributed by atoms with E-state index in [2.05, 4.69) is 15.4 Å². The van der Waals surface area contributed by atoms with Crippen LogP contribution >= 0.6 is 0 Å². The predicted octanol–water partition coefficient (Wildman–Crippen LogP) is 1.29. The highest BCUT2D eigenvalue weighted by Crippen LogP contribution is 2.16. The largest absolute Gasteiger partial charge is 0.491 e. The van der Waals surface area contributed by atoms with Crippen LogP contribution in [0.1, 0.15) is 13.8 Å². The van der Waals surface area contributed by atoms with Crippen molar-refractivity contribution in [2.75, 3.05) is 11.1 Å². The number of carbonyl (C=O) groups excluding carboxylic acids is 1. The number of nitrogens with two attached hydrogens (primary N) is 1. The fourth-order valence-electron chi connectivity index (χ4n) is 1.62. The highest BCUT2D eigenvalue weighted by atomic mass is 16.5. The highest BCUT2D eigenvalue weighted by Gasteiger charge is 2.05. The summed E-state index contributed by atoms with van der Waals surface area (Å²) in [6.45, 7) is 3.98. The van der Waals surface area contributed by atoms with E-state index in [1.807, 2.05) is 26.0 Å². The van der Waals surface area contributed by atoms with Gasteiger partial charge in [-0.1, -0.05) is 0 Å². The molecule has 0 saturated heterocycles. The first-order chi connectivity index (χ1) is 9.52. The van der Waals surface area contributed by atoms with E-state index in [4.69, 9.17) is 10.5 Å². The molecule has 2 rings (SSSR count). The summed E-state index contributed by atoms with van der Waals surface area (Å²) in [5.74, 6) is 0.711. The molecule has 0 spiro atoms. The van der Waals surface area contributed by atoms with Crippen LogP contribution in [0, 0.1) is 0 Å². The van der Waals surface area contributed by atoms with Crippen LogP contribution in [-0.2, 0) is 11.3 Å². The van der Waals surface area contributed by atoms with Gasteiger partial charge in [-0.3, -0.25) is 4.79 Å². The van der Waals surface area contributed by atoms with Crippen molar-refractivity contribution in [3.8, 4) is 5.75 Å². The highest BCUT2D eigenvalue weighted by molar-refractivity contribution is 5.90. The quantitative estimate of drug-likeness (QED) is 0.857. The number of rotatable bonds is 5. The van der Waals surface area contributed by atoms with E-state index in [0.717, 1.165) is 5.75 Å². The zero-order valence-electron chi connectivity index (χ0n) is 11.4. The summed E-state index contributed by atoms with van der Waals surface area (Å²) in [4.78, 5) is 15.5. The molecule has 106 valence electrons. The molecule has 3 N–H and O–H groups in total. The number of hydrogen-bond acceptors (Lipinski definition) is 5. The normalized spacial score (nSPS) is 10.6.